The first-order valence-corrected chi connectivity index (χ1v) is 9.76. The van der Waals surface area contributed by atoms with Gasteiger partial charge in [0.05, 0.1) is 23.0 Å². The summed E-state index contributed by atoms with van der Waals surface area (Å²) in [6.07, 6.45) is 7.41. The molecule has 7 heteroatoms. The number of sulfone groups is 1. The van der Waals surface area contributed by atoms with Gasteiger partial charge in [-0.3, -0.25) is 4.79 Å². The SMILES string of the molecule is CCS(=O)(=O)c1ccc(C(=O)N2CCCC(n3ccnc3)C2)cc1. The monoisotopic (exact) mass is 347 g/mol. The van der Waals surface area contributed by atoms with Crippen LogP contribution in [0.15, 0.2) is 47.9 Å². The van der Waals surface area contributed by atoms with Crippen LogP contribution in [0.4, 0.5) is 0 Å². The van der Waals surface area contributed by atoms with Crippen LogP contribution in [0.3, 0.4) is 0 Å². The molecular formula is C17H21N3O3S. The van der Waals surface area contributed by atoms with E-state index >= 15 is 0 Å². The van der Waals surface area contributed by atoms with Crippen LogP contribution in [0.25, 0.3) is 0 Å². The van der Waals surface area contributed by atoms with E-state index in [1.54, 1.807) is 31.6 Å². The van der Waals surface area contributed by atoms with Gasteiger partial charge in [0.2, 0.25) is 0 Å². The van der Waals surface area contributed by atoms with Crippen molar-refractivity contribution >= 4 is 15.7 Å². The number of hydrogen-bond acceptors (Lipinski definition) is 4. The lowest BCUT2D eigenvalue weighted by molar-refractivity contribution is 0.0679. The van der Waals surface area contributed by atoms with Gasteiger partial charge >= 0.3 is 0 Å². The van der Waals surface area contributed by atoms with E-state index < -0.39 is 9.84 Å². The van der Waals surface area contributed by atoms with Crippen LogP contribution in [-0.4, -0.2) is 47.6 Å². The molecule has 1 saturated heterocycles. The molecule has 0 N–H and O–H groups in total. The molecule has 1 unspecified atom stereocenters. The van der Waals surface area contributed by atoms with Crippen LogP contribution in [0, 0.1) is 0 Å². The van der Waals surface area contributed by atoms with E-state index in [4.69, 9.17) is 0 Å². The molecule has 1 aromatic heterocycles. The maximum absolute atomic E-state index is 12.7. The van der Waals surface area contributed by atoms with Crippen molar-refractivity contribution in [2.24, 2.45) is 0 Å². The standard InChI is InChI=1S/C17H21N3O3S/c1-2-24(22,23)16-7-5-14(6-8-16)17(21)19-10-3-4-15(12-19)20-11-9-18-13-20/h5-9,11,13,15H,2-4,10,12H2,1H3. The van der Waals surface area contributed by atoms with Gasteiger partial charge in [-0.05, 0) is 37.1 Å². The van der Waals surface area contributed by atoms with Crippen molar-refractivity contribution in [3.05, 3.63) is 48.5 Å². The number of amides is 1. The largest absolute Gasteiger partial charge is 0.337 e. The first-order chi connectivity index (χ1) is 11.5. The predicted octanol–water partition coefficient (Wildman–Crippen LogP) is 2.15. The number of carbonyl (C=O) groups is 1. The van der Waals surface area contributed by atoms with E-state index in [0.29, 0.717) is 12.1 Å². The Balaban J connectivity index is 1.74. The maximum atomic E-state index is 12.7. The van der Waals surface area contributed by atoms with E-state index in [1.165, 1.54) is 12.1 Å². The Kier molecular flexibility index (Phi) is 4.71. The average molecular weight is 347 g/mol. The van der Waals surface area contributed by atoms with Crippen molar-refractivity contribution in [3.63, 3.8) is 0 Å². The lowest BCUT2D eigenvalue weighted by Crippen LogP contribution is -2.40. The zero-order chi connectivity index (χ0) is 17.2. The summed E-state index contributed by atoms with van der Waals surface area (Å²) in [6.45, 7) is 2.97. The topological polar surface area (TPSA) is 72.3 Å². The van der Waals surface area contributed by atoms with Gasteiger partial charge in [0, 0.05) is 31.0 Å². The molecule has 0 spiro atoms. The molecule has 6 nitrogen and oxygen atoms in total. The van der Waals surface area contributed by atoms with Gasteiger partial charge in [-0.1, -0.05) is 6.92 Å². The van der Waals surface area contributed by atoms with Crippen LogP contribution in [0.1, 0.15) is 36.2 Å². The number of rotatable bonds is 4. The number of hydrogen-bond donors (Lipinski definition) is 0. The maximum Gasteiger partial charge on any atom is 0.253 e. The third-order valence-corrected chi connectivity index (χ3v) is 6.22. The van der Waals surface area contributed by atoms with Crippen LogP contribution in [0.5, 0.6) is 0 Å². The third-order valence-electron chi connectivity index (χ3n) is 4.47. The van der Waals surface area contributed by atoms with Crippen molar-refractivity contribution in [1.29, 1.82) is 0 Å². The Morgan fingerprint density at radius 3 is 2.67 bits per heavy atom. The molecule has 1 aromatic carbocycles. The molecule has 2 aromatic rings. The van der Waals surface area contributed by atoms with E-state index in [-0.39, 0.29) is 22.6 Å². The molecule has 1 aliphatic rings. The molecule has 1 aliphatic heterocycles. The lowest BCUT2D eigenvalue weighted by Gasteiger charge is -2.33. The number of nitrogens with zero attached hydrogens (tertiary/aromatic N) is 3. The lowest BCUT2D eigenvalue weighted by atomic mass is 10.0. The number of aromatic nitrogens is 2. The molecule has 0 saturated carbocycles. The molecule has 0 aliphatic carbocycles. The first-order valence-electron chi connectivity index (χ1n) is 8.11. The van der Waals surface area contributed by atoms with Crippen LogP contribution < -0.4 is 0 Å². The molecule has 1 fully saturated rings. The summed E-state index contributed by atoms with van der Waals surface area (Å²) in [6, 6.07) is 6.48. The normalized spacial score (nSPS) is 18.5. The van der Waals surface area contributed by atoms with Gasteiger partial charge < -0.3 is 9.47 Å². The van der Waals surface area contributed by atoms with E-state index in [0.717, 1.165) is 19.4 Å². The highest BCUT2D eigenvalue weighted by Gasteiger charge is 2.25. The fraction of sp³-hybridized carbons (Fsp3) is 0.412. The molecule has 0 bridgehead atoms. The Bertz CT molecular complexity index is 798. The molecule has 1 amide bonds. The second-order valence-electron chi connectivity index (χ2n) is 5.98. The third kappa shape index (κ3) is 3.36. The summed E-state index contributed by atoms with van der Waals surface area (Å²) in [5, 5.41) is 0. The quantitative estimate of drug-likeness (QED) is 0.849. The fourth-order valence-corrected chi connectivity index (χ4v) is 3.91. The van der Waals surface area contributed by atoms with Gasteiger partial charge in [-0.2, -0.15) is 0 Å². The molecular weight excluding hydrogens is 326 g/mol. The second-order valence-corrected chi connectivity index (χ2v) is 8.26. The average Bonchev–Trinajstić information content (AvgIpc) is 3.16. The Morgan fingerprint density at radius 2 is 2.04 bits per heavy atom. The summed E-state index contributed by atoms with van der Waals surface area (Å²) in [5.41, 5.74) is 0.524. The highest BCUT2D eigenvalue weighted by atomic mass is 32.2. The predicted molar refractivity (Wildman–Crippen MR) is 90.6 cm³/mol. The van der Waals surface area contributed by atoms with Gasteiger partial charge in [0.1, 0.15) is 0 Å². The van der Waals surface area contributed by atoms with Crippen molar-refractivity contribution < 1.29 is 13.2 Å². The molecule has 24 heavy (non-hydrogen) atoms. The smallest absolute Gasteiger partial charge is 0.253 e. The molecule has 3 rings (SSSR count). The van der Waals surface area contributed by atoms with Crippen LogP contribution >= 0.6 is 0 Å². The minimum atomic E-state index is -3.24. The first kappa shape index (κ1) is 16.7. The molecule has 2 heterocycles. The van der Waals surface area contributed by atoms with Gasteiger partial charge in [0.15, 0.2) is 9.84 Å². The van der Waals surface area contributed by atoms with Crippen molar-refractivity contribution in [1.82, 2.24) is 14.5 Å². The van der Waals surface area contributed by atoms with E-state index in [1.807, 2.05) is 15.7 Å². The molecule has 0 radical (unpaired) electrons. The molecule has 1 atom stereocenters. The second kappa shape index (κ2) is 6.76. The summed E-state index contributed by atoms with van der Waals surface area (Å²) >= 11 is 0. The summed E-state index contributed by atoms with van der Waals surface area (Å²) in [4.78, 5) is 18.9. The number of likely N-dealkylation sites (tertiary alicyclic amines) is 1. The number of carbonyl (C=O) groups excluding carboxylic acids is 1. The van der Waals surface area contributed by atoms with Gasteiger partial charge in [-0.25, -0.2) is 13.4 Å². The van der Waals surface area contributed by atoms with Gasteiger partial charge in [-0.15, -0.1) is 0 Å². The van der Waals surface area contributed by atoms with Crippen molar-refractivity contribution in [3.8, 4) is 0 Å². The van der Waals surface area contributed by atoms with E-state index in [9.17, 15) is 13.2 Å². The summed E-state index contributed by atoms with van der Waals surface area (Å²) in [7, 11) is -3.24. The highest BCUT2D eigenvalue weighted by molar-refractivity contribution is 7.91. The van der Waals surface area contributed by atoms with Crippen molar-refractivity contribution in [2.45, 2.75) is 30.7 Å². The highest BCUT2D eigenvalue weighted by Crippen LogP contribution is 2.23. The van der Waals surface area contributed by atoms with Crippen LogP contribution in [-0.2, 0) is 9.84 Å². The summed E-state index contributed by atoms with van der Waals surface area (Å²) in [5.74, 6) is -0.000746. The number of piperidine rings is 1. The Labute approximate surface area is 142 Å². The van der Waals surface area contributed by atoms with Crippen molar-refractivity contribution in [2.75, 3.05) is 18.8 Å². The fourth-order valence-electron chi connectivity index (χ4n) is 3.02. The van der Waals surface area contributed by atoms with Gasteiger partial charge in [0.25, 0.3) is 5.91 Å². The Morgan fingerprint density at radius 1 is 1.29 bits per heavy atom. The molecule has 128 valence electrons. The van der Waals surface area contributed by atoms with Crippen LogP contribution in [0.2, 0.25) is 0 Å². The minimum Gasteiger partial charge on any atom is -0.337 e. The van der Waals surface area contributed by atoms with E-state index in [2.05, 4.69) is 4.98 Å². The zero-order valence-electron chi connectivity index (χ0n) is 13.6. The number of benzene rings is 1. The minimum absolute atomic E-state index is 0.0546. The zero-order valence-corrected chi connectivity index (χ0v) is 14.4. The Hall–Kier alpha value is -2.15. The number of imidazole rings is 1. The summed E-state index contributed by atoms with van der Waals surface area (Å²) < 4.78 is 25.7.